The number of pyridine rings is 1. The van der Waals surface area contributed by atoms with Gasteiger partial charge in [0.1, 0.15) is 0 Å². The fourth-order valence-corrected chi connectivity index (χ4v) is 2.78. The number of hydrogen-bond donors (Lipinski definition) is 2. The van der Waals surface area contributed by atoms with Gasteiger partial charge in [-0.3, -0.25) is 9.78 Å². The number of nitrogens with one attached hydrogen (secondary N) is 1. The smallest absolute Gasteiger partial charge is 0.314 e. The second-order valence-corrected chi connectivity index (χ2v) is 5.53. The van der Waals surface area contributed by atoms with Crippen LogP contribution in [0.25, 0.3) is 10.9 Å². The lowest BCUT2D eigenvalue weighted by molar-refractivity contribution is -0.121. The molecular weight excluding hydrogens is 280 g/mol. The third-order valence-electron chi connectivity index (χ3n) is 3.96. The number of hydrogen-bond acceptors (Lipinski definition) is 3. The van der Waals surface area contributed by atoms with E-state index in [0.29, 0.717) is 18.8 Å². The molecule has 1 unspecified atom stereocenters. The Morgan fingerprint density at radius 3 is 2.95 bits per heavy atom. The number of piperidine rings is 1. The summed E-state index contributed by atoms with van der Waals surface area (Å²) in [6.07, 6.45) is 3.20. The summed E-state index contributed by atoms with van der Waals surface area (Å²) in [7, 11) is 0. The van der Waals surface area contributed by atoms with Gasteiger partial charge in [-0.2, -0.15) is 0 Å². The van der Waals surface area contributed by atoms with E-state index in [4.69, 9.17) is 5.73 Å². The van der Waals surface area contributed by atoms with Crippen molar-refractivity contribution in [3.63, 3.8) is 0 Å². The van der Waals surface area contributed by atoms with Gasteiger partial charge in [0.2, 0.25) is 5.91 Å². The molecule has 3 N–H and O–H groups in total. The van der Waals surface area contributed by atoms with E-state index in [1.807, 2.05) is 30.3 Å². The van der Waals surface area contributed by atoms with Gasteiger partial charge in [0.15, 0.2) is 0 Å². The van der Waals surface area contributed by atoms with Crippen molar-refractivity contribution >= 4 is 28.5 Å². The second kappa shape index (κ2) is 6.01. The highest BCUT2D eigenvalue weighted by atomic mass is 16.2. The first-order valence-electron chi connectivity index (χ1n) is 7.33. The number of primary amides is 1. The van der Waals surface area contributed by atoms with Gasteiger partial charge in [-0.25, -0.2) is 4.79 Å². The van der Waals surface area contributed by atoms with Gasteiger partial charge in [0, 0.05) is 18.5 Å². The summed E-state index contributed by atoms with van der Waals surface area (Å²) in [6.45, 7) is 0.999. The Labute approximate surface area is 128 Å². The Bertz CT molecular complexity index is 716. The maximum absolute atomic E-state index is 12.4. The zero-order chi connectivity index (χ0) is 15.5. The Balaban J connectivity index is 1.71. The van der Waals surface area contributed by atoms with Gasteiger partial charge in [0.25, 0.3) is 0 Å². The Morgan fingerprint density at radius 1 is 1.32 bits per heavy atom. The lowest BCUT2D eigenvalue weighted by Gasteiger charge is -2.30. The number of fused-ring (bicyclic) bond motifs is 1. The molecule has 1 saturated heterocycles. The second-order valence-electron chi connectivity index (χ2n) is 5.53. The van der Waals surface area contributed by atoms with E-state index in [1.54, 1.807) is 6.20 Å². The number of urea groups is 1. The number of carbonyl (C=O) groups excluding carboxylic acids is 2. The molecule has 114 valence electrons. The number of aromatic nitrogens is 1. The average molecular weight is 298 g/mol. The molecule has 3 rings (SSSR count). The number of amides is 3. The highest BCUT2D eigenvalue weighted by Gasteiger charge is 2.27. The van der Waals surface area contributed by atoms with Crippen molar-refractivity contribution in [3.8, 4) is 0 Å². The summed E-state index contributed by atoms with van der Waals surface area (Å²) in [6, 6.07) is 9.16. The van der Waals surface area contributed by atoms with E-state index in [2.05, 4.69) is 10.3 Å². The van der Waals surface area contributed by atoms with Crippen molar-refractivity contribution in [1.29, 1.82) is 0 Å². The normalized spacial score (nSPS) is 18.2. The number of benzene rings is 1. The van der Waals surface area contributed by atoms with Gasteiger partial charge < -0.3 is 16.0 Å². The molecule has 0 spiro atoms. The predicted octanol–water partition coefficient (Wildman–Crippen LogP) is 1.96. The zero-order valence-corrected chi connectivity index (χ0v) is 12.2. The van der Waals surface area contributed by atoms with Crippen molar-refractivity contribution in [1.82, 2.24) is 9.88 Å². The van der Waals surface area contributed by atoms with E-state index in [0.717, 1.165) is 23.7 Å². The third kappa shape index (κ3) is 3.00. The van der Waals surface area contributed by atoms with Gasteiger partial charge in [0.05, 0.1) is 23.3 Å². The third-order valence-corrected chi connectivity index (χ3v) is 3.96. The molecule has 2 heterocycles. The van der Waals surface area contributed by atoms with Gasteiger partial charge >= 0.3 is 6.03 Å². The number of carbonyl (C=O) groups is 2. The monoisotopic (exact) mass is 298 g/mol. The molecule has 22 heavy (non-hydrogen) atoms. The van der Waals surface area contributed by atoms with Crippen molar-refractivity contribution in [2.45, 2.75) is 12.8 Å². The largest absolute Gasteiger partial charge is 0.351 e. The van der Waals surface area contributed by atoms with Gasteiger partial charge in [-0.15, -0.1) is 0 Å². The fraction of sp³-hybridized carbons (Fsp3) is 0.312. The van der Waals surface area contributed by atoms with E-state index in [9.17, 15) is 9.59 Å². The van der Waals surface area contributed by atoms with Gasteiger partial charge in [-0.05, 0) is 25.0 Å². The van der Waals surface area contributed by atoms with Crippen molar-refractivity contribution < 1.29 is 9.59 Å². The molecule has 0 aliphatic carbocycles. The first-order valence-corrected chi connectivity index (χ1v) is 7.33. The zero-order valence-electron chi connectivity index (χ0n) is 12.2. The van der Waals surface area contributed by atoms with Crippen LogP contribution in [0, 0.1) is 5.92 Å². The fourth-order valence-electron chi connectivity index (χ4n) is 2.78. The lowest BCUT2D eigenvalue weighted by atomic mass is 9.97. The standard InChI is InChI=1S/C16H18N4O2/c17-16(22)20-7-3-5-12(10-20)15(21)19-13-8-11-4-1-2-6-14(11)18-9-13/h1-2,4,6,8-9,12H,3,5,7,10H2,(H2,17,22)(H,19,21). The molecule has 0 radical (unpaired) electrons. The molecule has 0 bridgehead atoms. The Kier molecular flexibility index (Phi) is 3.91. The molecule has 1 aliphatic heterocycles. The van der Waals surface area contributed by atoms with E-state index in [1.165, 1.54) is 4.90 Å². The summed E-state index contributed by atoms with van der Waals surface area (Å²) in [5.41, 5.74) is 6.84. The Morgan fingerprint density at radius 2 is 2.14 bits per heavy atom. The maximum Gasteiger partial charge on any atom is 0.314 e. The van der Waals surface area contributed by atoms with Gasteiger partial charge in [-0.1, -0.05) is 18.2 Å². The predicted molar refractivity (Wildman–Crippen MR) is 84.3 cm³/mol. The number of nitrogens with zero attached hydrogens (tertiary/aromatic N) is 2. The van der Waals surface area contributed by atoms with Crippen LogP contribution in [0.2, 0.25) is 0 Å². The number of likely N-dealkylation sites (tertiary alicyclic amines) is 1. The maximum atomic E-state index is 12.4. The molecule has 1 aromatic heterocycles. The molecule has 1 aliphatic rings. The van der Waals surface area contributed by atoms with Crippen LogP contribution in [0.4, 0.5) is 10.5 Å². The van der Waals surface area contributed by atoms with Crippen molar-refractivity contribution in [3.05, 3.63) is 36.5 Å². The molecule has 1 fully saturated rings. The van der Waals surface area contributed by atoms with Crippen LogP contribution in [0.15, 0.2) is 36.5 Å². The minimum absolute atomic E-state index is 0.0944. The molecule has 1 atom stereocenters. The van der Waals surface area contributed by atoms with E-state index < -0.39 is 6.03 Å². The summed E-state index contributed by atoms with van der Waals surface area (Å²) in [4.78, 5) is 29.4. The van der Waals surface area contributed by atoms with Crippen LogP contribution >= 0.6 is 0 Å². The molecule has 2 aromatic rings. The average Bonchev–Trinajstić information content (AvgIpc) is 2.55. The quantitative estimate of drug-likeness (QED) is 0.888. The van der Waals surface area contributed by atoms with Crippen molar-refractivity contribution in [2.24, 2.45) is 11.7 Å². The summed E-state index contributed by atoms with van der Waals surface area (Å²) >= 11 is 0. The number of rotatable bonds is 2. The molecular formula is C16H18N4O2. The molecule has 0 saturated carbocycles. The lowest BCUT2D eigenvalue weighted by Crippen LogP contribution is -2.46. The highest BCUT2D eigenvalue weighted by molar-refractivity contribution is 5.95. The number of anilines is 1. The Hall–Kier alpha value is -2.63. The van der Waals surface area contributed by atoms with E-state index in [-0.39, 0.29) is 11.8 Å². The molecule has 6 heteroatoms. The van der Waals surface area contributed by atoms with Crippen LogP contribution in [0.3, 0.4) is 0 Å². The summed E-state index contributed by atoms with van der Waals surface area (Å²) in [5, 5.41) is 3.86. The van der Waals surface area contributed by atoms with Crippen LogP contribution in [0.5, 0.6) is 0 Å². The first-order chi connectivity index (χ1) is 10.6. The number of para-hydroxylation sites is 1. The highest BCUT2D eigenvalue weighted by Crippen LogP contribution is 2.20. The summed E-state index contributed by atoms with van der Waals surface area (Å²) < 4.78 is 0. The summed E-state index contributed by atoms with van der Waals surface area (Å²) in [5.74, 6) is -0.323. The minimum atomic E-state index is -0.468. The van der Waals surface area contributed by atoms with Crippen molar-refractivity contribution in [2.75, 3.05) is 18.4 Å². The number of nitrogens with two attached hydrogens (primary N) is 1. The first kappa shape index (κ1) is 14.3. The SMILES string of the molecule is NC(=O)N1CCCC(C(=O)Nc2cnc3ccccc3c2)C1. The van der Waals surface area contributed by atoms with Crippen LogP contribution < -0.4 is 11.1 Å². The molecule has 3 amide bonds. The molecule has 1 aromatic carbocycles. The van der Waals surface area contributed by atoms with Crippen LogP contribution in [-0.2, 0) is 4.79 Å². The topological polar surface area (TPSA) is 88.3 Å². The van der Waals surface area contributed by atoms with Crippen LogP contribution in [-0.4, -0.2) is 34.9 Å². The van der Waals surface area contributed by atoms with E-state index >= 15 is 0 Å². The van der Waals surface area contributed by atoms with Crippen LogP contribution in [0.1, 0.15) is 12.8 Å². The minimum Gasteiger partial charge on any atom is -0.351 e. The molecule has 6 nitrogen and oxygen atoms in total.